The first-order chi connectivity index (χ1) is 10.1. The number of hydrogen-bond donors (Lipinski definition) is 1. The number of carbonyl (C=O) groups excluding carboxylic acids is 1. The third kappa shape index (κ3) is 1.54. The van der Waals surface area contributed by atoms with Crippen LogP contribution in [0.25, 0.3) is 0 Å². The molecule has 0 bridgehead atoms. The lowest BCUT2D eigenvalue weighted by Gasteiger charge is -2.52. The largest absolute Gasteiger partial charge is 0.393 e. The molecule has 0 amide bonds. The van der Waals surface area contributed by atoms with Gasteiger partial charge in [-0.3, -0.25) is 4.79 Å². The summed E-state index contributed by atoms with van der Waals surface area (Å²) in [6.07, 6.45) is 8.72. The fraction of sp³-hybridized carbons (Fsp3) is 0.833. The standard InChI is InChI=1S/C18H24O3/c1-18-7-6-11-10(12(18)4-5-14(18)20)3-2-9-8-13(19)16-17(21-16)15(9)11/h8,10-12,14-17,20H,2-7H2,1H3/t10-,11+,12+,14+,15+,16+,17-,18+/m1/s1. The van der Waals surface area contributed by atoms with Crippen molar-refractivity contribution in [3.63, 3.8) is 0 Å². The van der Waals surface area contributed by atoms with E-state index in [1.54, 1.807) is 0 Å². The van der Waals surface area contributed by atoms with Crippen LogP contribution in [0, 0.1) is 29.1 Å². The highest BCUT2D eigenvalue weighted by atomic mass is 16.6. The molecule has 1 aliphatic heterocycles. The van der Waals surface area contributed by atoms with Crippen molar-refractivity contribution < 1.29 is 14.6 Å². The van der Waals surface area contributed by atoms with Crippen molar-refractivity contribution in [2.75, 3.05) is 0 Å². The van der Waals surface area contributed by atoms with Crippen LogP contribution >= 0.6 is 0 Å². The van der Waals surface area contributed by atoms with E-state index < -0.39 is 0 Å². The maximum absolute atomic E-state index is 11.9. The van der Waals surface area contributed by atoms with Gasteiger partial charge < -0.3 is 9.84 Å². The Morgan fingerprint density at radius 3 is 2.95 bits per heavy atom. The van der Waals surface area contributed by atoms with E-state index in [0.717, 1.165) is 25.2 Å². The molecule has 5 rings (SSSR count). The average Bonchev–Trinajstić information content (AvgIpc) is 3.21. The van der Waals surface area contributed by atoms with Crippen LogP contribution < -0.4 is 0 Å². The van der Waals surface area contributed by atoms with E-state index in [1.807, 2.05) is 6.08 Å². The SMILES string of the molecule is C[C@]12CC[C@H]3[C@@H](CCC4=CC(=O)[C@@H]5O[C@@H]5[C@@H]43)[C@@H]1CC[C@@H]2O. The summed E-state index contributed by atoms with van der Waals surface area (Å²) >= 11 is 0. The van der Waals surface area contributed by atoms with Gasteiger partial charge in [0.25, 0.3) is 0 Å². The third-order valence-electron chi connectivity index (χ3n) is 7.59. The molecule has 3 nitrogen and oxygen atoms in total. The highest BCUT2D eigenvalue weighted by molar-refractivity contribution is 5.97. The lowest BCUT2D eigenvalue weighted by molar-refractivity contribution is -0.116. The van der Waals surface area contributed by atoms with Gasteiger partial charge in [-0.2, -0.15) is 0 Å². The molecule has 0 aromatic carbocycles. The molecule has 0 aromatic heterocycles. The van der Waals surface area contributed by atoms with Gasteiger partial charge in [-0.05, 0) is 67.8 Å². The summed E-state index contributed by atoms with van der Waals surface area (Å²) in [7, 11) is 0. The quantitative estimate of drug-likeness (QED) is 0.697. The molecule has 1 saturated heterocycles. The van der Waals surface area contributed by atoms with Crippen LogP contribution in [0.15, 0.2) is 11.6 Å². The molecule has 4 fully saturated rings. The predicted octanol–water partition coefficient (Wildman–Crippen LogP) is 2.48. The number of fused-ring (bicyclic) bond motifs is 7. The predicted molar refractivity (Wildman–Crippen MR) is 77.5 cm³/mol. The van der Waals surface area contributed by atoms with Gasteiger partial charge in [-0.15, -0.1) is 0 Å². The topological polar surface area (TPSA) is 49.8 Å². The van der Waals surface area contributed by atoms with Crippen molar-refractivity contribution in [2.24, 2.45) is 29.1 Å². The molecule has 0 aromatic rings. The summed E-state index contributed by atoms with van der Waals surface area (Å²) in [6, 6.07) is 0. The number of aliphatic hydroxyl groups excluding tert-OH is 1. The lowest BCUT2D eigenvalue weighted by atomic mass is 9.52. The molecule has 0 spiro atoms. The fourth-order valence-corrected chi connectivity index (χ4v) is 6.44. The molecule has 3 heteroatoms. The zero-order chi connectivity index (χ0) is 14.4. The highest BCUT2D eigenvalue weighted by Gasteiger charge is 2.62. The third-order valence-corrected chi connectivity index (χ3v) is 7.59. The Bertz CT molecular complexity index is 539. The van der Waals surface area contributed by atoms with Crippen LogP contribution in [0.4, 0.5) is 0 Å². The molecular formula is C18H24O3. The molecule has 1 heterocycles. The fourth-order valence-electron chi connectivity index (χ4n) is 6.44. The van der Waals surface area contributed by atoms with Crippen LogP contribution in [0.1, 0.15) is 45.4 Å². The van der Waals surface area contributed by atoms with E-state index in [9.17, 15) is 9.90 Å². The maximum Gasteiger partial charge on any atom is 0.187 e. The highest BCUT2D eigenvalue weighted by Crippen LogP contribution is 2.63. The summed E-state index contributed by atoms with van der Waals surface area (Å²) in [5.74, 6) is 2.83. The number of ether oxygens (including phenoxy) is 1. The molecule has 8 atom stereocenters. The minimum Gasteiger partial charge on any atom is -0.393 e. The monoisotopic (exact) mass is 288 g/mol. The second-order valence-corrected chi connectivity index (χ2v) is 8.28. The van der Waals surface area contributed by atoms with E-state index in [-0.39, 0.29) is 29.5 Å². The Balaban J connectivity index is 1.49. The first kappa shape index (κ1) is 12.8. The van der Waals surface area contributed by atoms with Gasteiger partial charge in [-0.1, -0.05) is 12.5 Å². The van der Waals surface area contributed by atoms with Crippen molar-refractivity contribution in [2.45, 2.75) is 63.8 Å². The van der Waals surface area contributed by atoms with E-state index in [2.05, 4.69) is 6.92 Å². The first-order valence-electron chi connectivity index (χ1n) is 8.67. The van der Waals surface area contributed by atoms with Gasteiger partial charge in [0, 0.05) is 5.92 Å². The van der Waals surface area contributed by atoms with Gasteiger partial charge in [0.2, 0.25) is 0 Å². The maximum atomic E-state index is 11.9. The first-order valence-corrected chi connectivity index (χ1v) is 8.67. The zero-order valence-corrected chi connectivity index (χ0v) is 12.6. The van der Waals surface area contributed by atoms with Crippen molar-refractivity contribution in [1.82, 2.24) is 0 Å². The Morgan fingerprint density at radius 2 is 2.10 bits per heavy atom. The van der Waals surface area contributed by atoms with Crippen LogP contribution in [-0.4, -0.2) is 29.2 Å². The Hall–Kier alpha value is -0.670. The van der Waals surface area contributed by atoms with Crippen molar-refractivity contribution in [1.29, 1.82) is 0 Å². The molecule has 1 N–H and O–H groups in total. The molecule has 4 aliphatic carbocycles. The van der Waals surface area contributed by atoms with E-state index in [4.69, 9.17) is 4.74 Å². The lowest BCUT2D eigenvalue weighted by Crippen LogP contribution is -2.49. The second-order valence-electron chi connectivity index (χ2n) is 8.28. The number of carbonyl (C=O) groups is 1. The molecule has 0 radical (unpaired) electrons. The molecule has 5 aliphatic rings. The summed E-state index contributed by atoms with van der Waals surface area (Å²) in [4.78, 5) is 11.9. The van der Waals surface area contributed by atoms with Crippen molar-refractivity contribution >= 4 is 5.78 Å². The average molecular weight is 288 g/mol. The number of aliphatic hydroxyl groups is 1. The van der Waals surface area contributed by atoms with Crippen molar-refractivity contribution in [3.8, 4) is 0 Å². The summed E-state index contributed by atoms with van der Waals surface area (Å²) in [5.41, 5.74) is 1.53. The van der Waals surface area contributed by atoms with E-state index in [1.165, 1.54) is 24.8 Å². The number of hydrogen-bond acceptors (Lipinski definition) is 3. The van der Waals surface area contributed by atoms with Gasteiger partial charge >= 0.3 is 0 Å². The summed E-state index contributed by atoms with van der Waals surface area (Å²) in [6.45, 7) is 2.32. The minimum atomic E-state index is -0.111. The van der Waals surface area contributed by atoms with Crippen LogP contribution in [-0.2, 0) is 9.53 Å². The van der Waals surface area contributed by atoms with Gasteiger partial charge in [0.05, 0.1) is 12.2 Å². The Morgan fingerprint density at radius 1 is 1.24 bits per heavy atom. The van der Waals surface area contributed by atoms with Crippen molar-refractivity contribution in [3.05, 3.63) is 11.6 Å². The van der Waals surface area contributed by atoms with Crippen LogP contribution in [0.2, 0.25) is 0 Å². The summed E-state index contributed by atoms with van der Waals surface area (Å²) < 4.78 is 5.72. The molecular weight excluding hydrogens is 264 g/mol. The van der Waals surface area contributed by atoms with Gasteiger partial charge in [0.15, 0.2) is 5.78 Å². The number of rotatable bonds is 0. The normalized spacial score (nSPS) is 57.7. The molecule has 21 heavy (non-hydrogen) atoms. The second kappa shape index (κ2) is 3.99. The molecule has 0 unspecified atom stereocenters. The smallest absolute Gasteiger partial charge is 0.187 e. The Kier molecular flexibility index (Phi) is 2.44. The molecule has 3 saturated carbocycles. The minimum absolute atomic E-state index is 0.0988. The summed E-state index contributed by atoms with van der Waals surface area (Å²) in [5, 5.41) is 10.4. The zero-order valence-electron chi connectivity index (χ0n) is 12.6. The van der Waals surface area contributed by atoms with E-state index in [0.29, 0.717) is 17.8 Å². The van der Waals surface area contributed by atoms with Crippen LogP contribution in [0.3, 0.4) is 0 Å². The van der Waals surface area contributed by atoms with Crippen LogP contribution in [0.5, 0.6) is 0 Å². The Labute approximate surface area is 125 Å². The van der Waals surface area contributed by atoms with Gasteiger partial charge in [-0.25, -0.2) is 0 Å². The molecule has 114 valence electrons. The number of epoxide rings is 1. The van der Waals surface area contributed by atoms with E-state index >= 15 is 0 Å². The number of ketones is 1. The van der Waals surface area contributed by atoms with Gasteiger partial charge in [0.1, 0.15) is 6.10 Å².